The monoisotopic (exact) mass is 467 g/mol. The average Bonchev–Trinajstić information content (AvgIpc) is 2.77. The summed E-state index contributed by atoms with van der Waals surface area (Å²) < 4.78 is 42.1. The Morgan fingerprint density at radius 3 is 2.28 bits per heavy atom. The minimum absolute atomic E-state index is 0.221. The molecule has 0 saturated carbocycles. The van der Waals surface area contributed by atoms with Crippen molar-refractivity contribution < 1.29 is 32.3 Å². The number of carbonyl (C=O) groups is 1. The molecular formula is C20H25N3O8S. The van der Waals surface area contributed by atoms with Gasteiger partial charge in [-0.2, -0.15) is 4.31 Å². The molecule has 0 saturated heterocycles. The fourth-order valence-corrected chi connectivity index (χ4v) is 4.35. The number of ether oxygens (including phenoxy) is 3. The molecule has 0 heterocycles. The first-order chi connectivity index (χ1) is 15.2. The van der Waals surface area contributed by atoms with E-state index in [9.17, 15) is 23.3 Å². The summed E-state index contributed by atoms with van der Waals surface area (Å²) >= 11 is 0. The van der Waals surface area contributed by atoms with E-state index in [4.69, 9.17) is 14.2 Å². The van der Waals surface area contributed by atoms with Crippen LogP contribution in [0.5, 0.6) is 17.2 Å². The first-order valence-electron chi connectivity index (χ1n) is 9.61. The van der Waals surface area contributed by atoms with E-state index in [1.807, 2.05) is 0 Å². The zero-order chi connectivity index (χ0) is 23.9. The molecule has 0 unspecified atom stereocenters. The molecule has 0 aliphatic carbocycles. The normalized spacial score (nSPS) is 11.2. The molecule has 11 nitrogen and oxygen atoms in total. The van der Waals surface area contributed by atoms with E-state index in [1.165, 1.54) is 24.6 Å². The summed E-state index contributed by atoms with van der Waals surface area (Å²) in [6.07, 6.45) is 0. The second kappa shape index (κ2) is 10.8. The Labute approximate surface area is 186 Å². The highest BCUT2D eigenvalue weighted by Gasteiger charge is 2.26. The lowest BCUT2D eigenvalue weighted by molar-refractivity contribution is -0.386. The van der Waals surface area contributed by atoms with Gasteiger partial charge in [0.15, 0.2) is 12.4 Å². The van der Waals surface area contributed by atoms with Gasteiger partial charge in [0.1, 0.15) is 11.5 Å². The van der Waals surface area contributed by atoms with Gasteiger partial charge >= 0.3 is 5.69 Å². The van der Waals surface area contributed by atoms with Gasteiger partial charge < -0.3 is 19.5 Å². The largest absolute Gasteiger partial charge is 0.497 e. The van der Waals surface area contributed by atoms with Crippen LogP contribution in [-0.4, -0.2) is 57.5 Å². The predicted molar refractivity (Wildman–Crippen MR) is 117 cm³/mol. The maximum absolute atomic E-state index is 12.6. The van der Waals surface area contributed by atoms with Gasteiger partial charge in [0, 0.05) is 25.2 Å². The minimum Gasteiger partial charge on any atom is -0.497 e. The molecule has 1 amide bonds. The molecule has 32 heavy (non-hydrogen) atoms. The molecule has 0 aliphatic heterocycles. The predicted octanol–water partition coefficient (Wildman–Crippen LogP) is 2.66. The van der Waals surface area contributed by atoms with Crippen molar-refractivity contribution in [2.24, 2.45) is 0 Å². The number of nitrogens with one attached hydrogen (secondary N) is 1. The van der Waals surface area contributed by atoms with Gasteiger partial charge in [-0.25, -0.2) is 8.42 Å². The number of anilines is 1. The van der Waals surface area contributed by atoms with Gasteiger partial charge in [0.05, 0.1) is 29.7 Å². The number of hydrogen-bond acceptors (Lipinski definition) is 8. The highest BCUT2D eigenvalue weighted by molar-refractivity contribution is 7.89. The van der Waals surface area contributed by atoms with Gasteiger partial charge in [-0.3, -0.25) is 14.9 Å². The summed E-state index contributed by atoms with van der Waals surface area (Å²) in [7, 11) is -0.984. The maximum Gasteiger partial charge on any atom is 0.312 e. The van der Waals surface area contributed by atoms with E-state index in [1.54, 1.807) is 32.0 Å². The molecule has 12 heteroatoms. The van der Waals surface area contributed by atoms with Crippen molar-refractivity contribution in [3.05, 3.63) is 46.5 Å². The highest BCUT2D eigenvalue weighted by Crippen LogP contribution is 2.32. The second-order valence-electron chi connectivity index (χ2n) is 6.38. The summed E-state index contributed by atoms with van der Waals surface area (Å²) in [5.41, 5.74) is -0.236. The first kappa shape index (κ1) is 24.9. The van der Waals surface area contributed by atoms with Crippen LogP contribution in [0.15, 0.2) is 41.3 Å². The molecular weight excluding hydrogens is 442 g/mol. The Morgan fingerprint density at radius 2 is 1.72 bits per heavy atom. The molecule has 0 fully saturated rings. The Kier molecular flexibility index (Phi) is 8.38. The van der Waals surface area contributed by atoms with Gasteiger partial charge in [0.2, 0.25) is 10.0 Å². The van der Waals surface area contributed by atoms with E-state index < -0.39 is 33.1 Å². The van der Waals surface area contributed by atoms with Crippen molar-refractivity contribution in [3.8, 4) is 17.2 Å². The summed E-state index contributed by atoms with van der Waals surface area (Å²) in [4.78, 5) is 22.8. The molecule has 174 valence electrons. The number of benzene rings is 2. The summed E-state index contributed by atoms with van der Waals surface area (Å²) in [5, 5.41) is 14.1. The van der Waals surface area contributed by atoms with Gasteiger partial charge in [-0.1, -0.05) is 13.8 Å². The van der Waals surface area contributed by atoms with Crippen LogP contribution < -0.4 is 19.5 Å². The third-order valence-electron chi connectivity index (χ3n) is 4.51. The summed E-state index contributed by atoms with van der Waals surface area (Å²) in [6.45, 7) is 3.23. The lowest BCUT2D eigenvalue weighted by atomic mass is 10.2. The zero-order valence-electron chi connectivity index (χ0n) is 18.2. The molecule has 0 aliphatic rings. The van der Waals surface area contributed by atoms with Crippen molar-refractivity contribution in [3.63, 3.8) is 0 Å². The van der Waals surface area contributed by atoms with Crippen LogP contribution in [-0.2, 0) is 14.8 Å². The van der Waals surface area contributed by atoms with Crippen molar-refractivity contribution in [2.45, 2.75) is 18.7 Å². The van der Waals surface area contributed by atoms with E-state index >= 15 is 0 Å². The molecule has 2 aromatic carbocycles. The number of methoxy groups -OCH3 is 2. The Morgan fingerprint density at radius 1 is 1.06 bits per heavy atom. The van der Waals surface area contributed by atoms with Crippen LogP contribution in [0.4, 0.5) is 11.4 Å². The lowest BCUT2D eigenvalue weighted by Crippen LogP contribution is -2.30. The summed E-state index contributed by atoms with van der Waals surface area (Å²) in [5.74, 6) is 0.0330. The minimum atomic E-state index is -3.89. The molecule has 0 spiro atoms. The van der Waals surface area contributed by atoms with Crippen LogP contribution in [0.3, 0.4) is 0 Å². The molecule has 0 atom stereocenters. The Balaban J connectivity index is 2.21. The number of rotatable bonds is 11. The quantitative estimate of drug-likeness (QED) is 0.393. The van der Waals surface area contributed by atoms with Crippen LogP contribution in [0.1, 0.15) is 13.8 Å². The van der Waals surface area contributed by atoms with E-state index in [2.05, 4.69) is 5.32 Å². The standard InChI is InChI=1S/C20H25N3O8S/c1-5-22(6-2)32(27,28)15-8-10-19(17(12-15)23(25)26)31-13-20(24)21-16-11-14(29-3)7-9-18(16)30-4/h7-12H,5-6,13H2,1-4H3,(H,21,24). The van der Waals surface area contributed by atoms with Crippen LogP contribution in [0.25, 0.3) is 0 Å². The lowest BCUT2D eigenvalue weighted by Gasteiger charge is -2.18. The number of nitro benzene ring substituents is 1. The van der Waals surface area contributed by atoms with Crippen molar-refractivity contribution >= 4 is 27.3 Å². The van der Waals surface area contributed by atoms with E-state index in [0.717, 1.165) is 12.1 Å². The fraction of sp³-hybridized carbons (Fsp3) is 0.350. The first-order valence-corrected chi connectivity index (χ1v) is 11.0. The van der Waals surface area contributed by atoms with Gasteiger partial charge in [-0.05, 0) is 24.3 Å². The molecule has 2 rings (SSSR count). The zero-order valence-corrected chi connectivity index (χ0v) is 19.0. The third-order valence-corrected chi connectivity index (χ3v) is 6.56. The van der Waals surface area contributed by atoms with Crippen LogP contribution >= 0.6 is 0 Å². The fourth-order valence-electron chi connectivity index (χ4n) is 2.88. The summed E-state index contributed by atoms with van der Waals surface area (Å²) in [6, 6.07) is 8.10. The Hall–Kier alpha value is -3.38. The molecule has 1 N–H and O–H groups in total. The second-order valence-corrected chi connectivity index (χ2v) is 8.32. The van der Waals surface area contributed by atoms with E-state index in [0.29, 0.717) is 17.2 Å². The smallest absolute Gasteiger partial charge is 0.312 e. The third kappa shape index (κ3) is 5.65. The molecule has 0 radical (unpaired) electrons. The number of nitrogens with zero attached hydrogens (tertiary/aromatic N) is 2. The van der Waals surface area contributed by atoms with Crippen LogP contribution in [0.2, 0.25) is 0 Å². The van der Waals surface area contributed by atoms with Gasteiger partial charge in [-0.15, -0.1) is 0 Å². The topological polar surface area (TPSA) is 137 Å². The average molecular weight is 468 g/mol. The van der Waals surface area contributed by atoms with Crippen molar-refractivity contribution in [1.82, 2.24) is 4.31 Å². The van der Waals surface area contributed by atoms with Gasteiger partial charge in [0.25, 0.3) is 5.91 Å². The SMILES string of the molecule is CCN(CC)S(=O)(=O)c1ccc(OCC(=O)Nc2cc(OC)ccc2OC)c([N+](=O)[O-])c1. The maximum atomic E-state index is 12.6. The molecule has 0 aromatic heterocycles. The van der Waals surface area contributed by atoms with E-state index in [-0.39, 0.29) is 23.7 Å². The number of sulfonamides is 1. The molecule has 0 bridgehead atoms. The van der Waals surface area contributed by atoms with Crippen molar-refractivity contribution in [2.75, 3.05) is 39.2 Å². The highest BCUT2D eigenvalue weighted by atomic mass is 32.2. The Bertz CT molecular complexity index is 1080. The number of amides is 1. The number of nitro groups is 1. The molecule has 2 aromatic rings. The number of hydrogen-bond donors (Lipinski definition) is 1. The number of carbonyl (C=O) groups excluding carboxylic acids is 1. The van der Waals surface area contributed by atoms with Crippen LogP contribution in [0, 0.1) is 10.1 Å². The van der Waals surface area contributed by atoms with Crippen molar-refractivity contribution in [1.29, 1.82) is 0 Å².